The van der Waals surface area contributed by atoms with Gasteiger partial charge in [-0.05, 0) is 69.5 Å². The quantitative estimate of drug-likeness (QED) is 0.444. The largest absolute Gasteiger partial charge is 0.459 e. The van der Waals surface area contributed by atoms with Crippen molar-refractivity contribution >= 4 is 23.3 Å². The topological polar surface area (TPSA) is 90.5 Å². The summed E-state index contributed by atoms with van der Waals surface area (Å²) in [6.45, 7) is 5.38. The third kappa shape index (κ3) is 4.30. The van der Waals surface area contributed by atoms with E-state index >= 15 is 0 Å². The molecule has 1 N–H and O–H groups in total. The molecule has 2 aromatic heterocycles. The average Bonchev–Trinajstić information content (AvgIpc) is 3.31. The van der Waals surface area contributed by atoms with Crippen LogP contribution >= 0.6 is 0 Å². The molecule has 1 saturated carbocycles. The zero-order valence-corrected chi connectivity index (χ0v) is 17.7. The minimum Gasteiger partial charge on any atom is -0.459 e. The SMILES string of the molecule is Cc1ccc(C(=O)OCC(=O)c2cc(C)n(C3CC3)c2C)cc1NC(=O)c1ccco1. The van der Waals surface area contributed by atoms with Gasteiger partial charge in [-0.25, -0.2) is 4.79 Å². The number of amides is 1. The van der Waals surface area contributed by atoms with Gasteiger partial charge in [-0.1, -0.05) is 6.07 Å². The highest BCUT2D eigenvalue weighted by atomic mass is 16.5. The van der Waals surface area contributed by atoms with E-state index in [4.69, 9.17) is 9.15 Å². The highest BCUT2D eigenvalue weighted by molar-refractivity contribution is 6.04. The number of Topliss-reactive ketones (excluding diaryl/α,β-unsaturated/α-hetero) is 1. The van der Waals surface area contributed by atoms with E-state index < -0.39 is 11.9 Å². The number of esters is 1. The van der Waals surface area contributed by atoms with Crippen molar-refractivity contribution in [3.8, 4) is 0 Å². The van der Waals surface area contributed by atoms with Gasteiger partial charge in [0.1, 0.15) is 0 Å². The molecule has 0 radical (unpaired) electrons. The Morgan fingerprint density at radius 1 is 1.13 bits per heavy atom. The van der Waals surface area contributed by atoms with Crippen LogP contribution in [0.2, 0.25) is 0 Å². The number of nitrogens with zero attached hydrogens (tertiary/aromatic N) is 1. The first kappa shape index (κ1) is 20.7. The Morgan fingerprint density at radius 3 is 2.58 bits per heavy atom. The fraction of sp³-hybridized carbons (Fsp3) is 0.292. The minimum absolute atomic E-state index is 0.168. The summed E-state index contributed by atoms with van der Waals surface area (Å²) in [7, 11) is 0. The molecule has 7 heteroatoms. The summed E-state index contributed by atoms with van der Waals surface area (Å²) in [5.41, 5.74) is 4.05. The molecule has 3 aromatic rings. The second-order valence-corrected chi connectivity index (χ2v) is 7.85. The molecule has 1 aliphatic carbocycles. The van der Waals surface area contributed by atoms with Crippen molar-refractivity contribution in [3.05, 3.63) is 76.5 Å². The smallest absolute Gasteiger partial charge is 0.338 e. The summed E-state index contributed by atoms with van der Waals surface area (Å²) in [5, 5.41) is 2.72. The number of benzene rings is 1. The summed E-state index contributed by atoms with van der Waals surface area (Å²) >= 11 is 0. The predicted molar refractivity (Wildman–Crippen MR) is 115 cm³/mol. The van der Waals surface area contributed by atoms with Crippen LogP contribution in [0.25, 0.3) is 0 Å². The monoisotopic (exact) mass is 420 g/mol. The maximum atomic E-state index is 12.6. The third-order valence-electron chi connectivity index (χ3n) is 5.50. The standard InChI is InChI=1S/C24H24N2O5/c1-14-6-7-17(12-20(14)25-23(28)22-5-4-10-30-22)24(29)31-13-21(27)19-11-15(2)26(16(19)3)18-8-9-18/h4-7,10-12,18H,8-9,13H2,1-3H3,(H,25,28). The summed E-state index contributed by atoms with van der Waals surface area (Å²) in [6.07, 6.45) is 3.67. The van der Waals surface area contributed by atoms with Crippen molar-refractivity contribution in [2.75, 3.05) is 11.9 Å². The second kappa shape index (κ2) is 8.26. The number of furan rings is 1. The maximum Gasteiger partial charge on any atom is 0.338 e. The lowest BCUT2D eigenvalue weighted by Crippen LogP contribution is -2.16. The Balaban J connectivity index is 1.42. The number of aryl methyl sites for hydroxylation is 2. The lowest BCUT2D eigenvalue weighted by molar-refractivity contribution is 0.0474. The molecule has 0 unspecified atom stereocenters. The lowest BCUT2D eigenvalue weighted by atomic mass is 10.1. The van der Waals surface area contributed by atoms with Gasteiger partial charge in [0.15, 0.2) is 12.4 Å². The van der Waals surface area contributed by atoms with Gasteiger partial charge in [0.05, 0.1) is 11.8 Å². The number of rotatable bonds is 7. The minimum atomic E-state index is -0.627. The molecule has 0 spiro atoms. The molecular weight excluding hydrogens is 396 g/mol. The molecule has 1 fully saturated rings. The zero-order chi connectivity index (χ0) is 22.1. The van der Waals surface area contributed by atoms with Crippen LogP contribution < -0.4 is 5.32 Å². The van der Waals surface area contributed by atoms with Crippen molar-refractivity contribution < 1.29 is 23.5 Å². The van der Waals surface area contributed by atoms with Gasteiger partial charge in [-0.2, -0.15) is 0 Å². The molecule has 0 saturated heterocycles. The van der Waals surface area contributed by atoms with Crippen molar-refractivity contribution in [2.24, 2.45) is 0 Å². The van der Waals surface area contributed by atoms with E-state index in [0.29, 0.717) is 17.3 Å². The number of hydrogen-bond donors (Lipinski definition) is 1. The number of carbonyl (C=O) groups is 3. The first-order valence-electron chi connectivity index (χ1n) is 10.2. The fourth-order valence-corrected chi connectivity index (χ4v) is 3.72. The van der Waals surface area contributed by atoms with Gasteiger partial charge >= 0.3 is 5.97 Å². The molecule has 160 valence electrons. The highest BCUT2D eigenvalue weighted by Gasteiger charge is 2.28. The summed E-state index contributed by atoms with van der Waals surface area (Å²) in [5.74, 6) is -1.11. The van der Waals surface area contributed by atoms with Gasteiger partial charge in [-0.3, -0.25) is 9.59 Å². The van der Waals surface area contributed by atoms with Crippen molar-refractivity contribution in [1.29, 1.82) is 0 Å². The number of anilines is 1. The summed E-state index contributed by atoms with van der Waals surface area (Å²) < 4.78 is 12.5. The predicted octanol–water partition coefficient (Wildman–Crippen LogP) is 4.63. The van der Waals surface area contributed by atoms with Gasteiger partial charge in [0, 0.05) is 28.7 Å². The van der Waals surface area contributed by atoms with E-state index in [1.54, 1.807) is 24.3 Å². The van der Waals surface area contributed by atoms with Crippen LogP contribution in [0.3, 0.4) is 0 Å². The molecule has 0 atom stereocenters. The lowest BCUT2D eigenvalue weighted by Gasteiger charge is -2.10. The van der Waals surface area contributed by atoms with E-state index in [0.717, 1.165) is 29.8 Å². The van der Waals surface area contributed by atoms with E-state index in [9.17, 15) is 14.4 Å². The Labute approximate surface area is 180 Å². The first-order chi connectivity index (χ1) is 14.8. The molecular formula is C24H24N2O5. The Bertz CT molecular complexity index is 1150. The van der Waals surface area contributed by atoms with Crippen molar-refractivity contribution in [1.82, 2.24) is 4.57 Å². The second-order valence-electron chi connectivity index (χ2n) is 7.85. The Morgan fingerprint density at radius 2 is 1.90 bits per heavy atom. The molecule has 0 bridgehead atoms. The Hall–Kier alpha value is -3.61. The van der Waals surface area contributed by atoms with Gasteiger partial charge < -0.3 is 19.0 Å². The van der Waals surface area contributed by atoms with Crippen LogP contribution in [0.5, 0.6) is 0 Å². The Kier molecular flexibility index (Phi) is 5.50. The fourth-order valence-electron chi connectivity index (χ4n) is 3.72. The van der Waals surface area contributed by atoms with Crippen molar-refractivity contribution in [2.45, 2.75) is 39.7 Å². The number of ketones is 1. The van der Waals surface area contributed by atoms with Crippen LogP contribution in [-0.2, 0) is 4.74 Å². The molecule has 0 aliphatic heterocycles. The first-order valence-corrected chi connectivity index (χ1v) is 10.2. The van der Waals surface area contributed by atoms with Gasteiger partial charge in [-0.15, -0.1) is 0 Å². The molecule has 1 aromatic carbocycles. The van der Waals surface area contributed by atoms with Crippen LogP contribution in [0, 0.1) is 20.8 Å². The summed E-state index contributed by atoms with van der Waals surface area (Å²) in [4.78, 5) is 37.4. The maximum absolute atomic E-state index is 12.6. The zero-order valence-electron chi connectivity index (χ0n) is 17.7. The van der Waals surface area contributed by atoms with Crippen molar-refractivity contribution in [3.63, 3.8) is 0 Å². The molecule has 2 heterocycles. The number of hydrogen-bond acceptors (Lipinski definition) is 5. The van der Waals surface area contributed by atoms with Crippen LogP contribution in [0.4, 0.5) is 5.69 Å². The molecule has 7 nitrogen and oxygen atoms in total. The van der Waals surface area contributed by atoms with E-state index in [1.807, 2.05) is 26.8 Å². The number of aromatic nitrogens is 1. The van der Waals surface area contributed by atoms with Gasteiger partial charge in [0.25, 0.3) is 5.91 Å². The number of carbonyl (C=O) groups excluding carboxylic acids is 3. The van der Waals surface area contributed by atoms with Crippen LogP contribution in [-0.4, -0.2) is 28.8 Å². The normalized spacial score (nSPS) is 13.1. The molecule has 1 amide bonds. The van der Waals surface area contributed by atoms with E-state index in [-0.39, 0.29) is 23.7 Å². The molecule has 4 rings (SSSR count). The van der Waals surface area contributed by atoms with E-state index in [2.05, 4.69) is 9.88 Å². The third-order valence-corrected chi connectivity index (χ3v) is 5.50. The molecule has 31 heavy (non-hydrogen) atoms. The van der Waals surface area contributed by atoms with E-state index in [1.165, 1.54) is 12.3 Å². The average molecular weight is 420 g/mol. The molecule has 1 aliphatic rings. The van der Waals surface area contributed by atoms with Crippen LogP contribution in [0.15, 0.2) is 47.1 Å². The van der Waals surface area contributed by atoms with Gasteiger partial charge in [0.2, 0.25) is 5.78 Å². The number of ether oxygens (including phenoxy) is 1. The van der Waals surface area contributed by atoms with Crippen LogP contribution in [0.1, 0.15) is 67.1 Å². The summed E-state index contributed by atoms with van der Waals surface area (Å²) in [6, 6.07) is 10.3. The highest BCUT2D eigenvalue weighted by Crippen LogP contribution is 2.38. The number of nitrogens with one attached hydrogen (secondary N) is 1.